The van der Waals surface area contributed by atoms with Gasteiger partial charge in [0.25, 0.3) is 0 Å². The molecule has 0 spiro atoms. The van der Waals surface area contributed by atoms with E-state index in [2.05, 4.69) is 29.5 Å². The van der Waals surface area contributed by atoms with Gasteiger partial charge in [-0.1, -0.05) is 6.07 Å². The van der Waals surface area contributed by atoms with Crippen molar-refractivity contribution >= 4 is 11.3 Å². The van der Waals surface area contributed by atoms with E-state index in [0.717, 1.165) is 6.04 Å². The average Bonchev–Trinajstić information content (AvgIpc) is 2.87. The summed E-state index contributed by atoms with van der Waals surface area (Å²) in [6.07, 6.45) is 3.83. The third-order valence-corrected chi connectivity index (χ3v) is 5.56. The number of hydrogen-bond donors (Lipinski definition) is 1. The lowest BCUT2D eigenvalue weighted by Gasteiger charge is -2.42. The number of aliphatic hydroxyl groups excluding tert-OH is 1. The average molecular weight is 237 g/mol. The van der Waals surface area contributed by atoms with E-state index < -0.39 is 0 Å². The number of fused-ring (bicyclic) bond motifs is 2. The van der Waals surface area contributed by atoms with Crippen LogP contribution in [0.15, 0.2) is 17.5 Å². The van der Waals surface area contributed by atoms with Crippen LogP contribution in [0, 0.1) is 5.92 Å². The summed E-state index contributed by atoms with van der Waals surface area (Å²) in [6, 6.07) is 5.73. The van der Waals surface area contributed by atoms with E-state index in [1.165, 1.54) is 24.1 Å². The quantitative estimate of drug-likeness (QED) is 0.853. The molecule has 3 heteroatoms. The molecule has 4 atom stereocenters. The van der Waals surface area contributed by atoms with Crippen molar-refractivity contribution in [3.8, 4) is 0 Å². The topological polar surface area (TPSA) is 23.5 Å². The van der Waals surface area contributed by atoms with Crippen LogP contribution in [0.3, 0.4) is 0 Å². The maximum Gasteiger partial charge on any atom is 0.0480 e. The van der Waals surface area contributed by atoms with Crippen molar-refractivity contribution in [1.82, 2.24) is 4.90 Å². The van der Waals surface area contributed by atoms with Gasteiger partial charge in [0.1, 0.15) is 0 Å². The van der Waals surface area contributed by atoms with Crippen LogP contribution in [-0.2, 0) is 0 Å². The number of hydrogen-bond acceptors (Lipinski definition) is 3. The van der Waals surface area contributed by atoms with Crippen LogP contribution in [-0.4, -0.2) is 35.7 Å². The second kappa shape index (κ2) is 4.13. The lowest BCUT2D eigenvalue weighted by atomic mass is 9.80. The smallest absolute Gasteiger partial charge is 0.0480 e. The van der Waals surface area contributed by atoms with Gasteiger partial charge >= 0.3 is 0 Å². The fraction of sp³-hybridized carbons (Fsp3) is 0.692. The minimum absolute atomic E-state index is 0.338. The van der Waals surface area contributed by atoms with Gasteiger partial charge in [-0.25, -0.2) is 0 Å². The molecule has 0 radical (unpaired) electrons. The number of aliphatic hydroxyl groups is 1. The lowest BCUT2D eigenvalue weighted by Crippen LogP contribution is -2.46. The van der Waals surface area contributed by atoms with Crippen LogP contribution in [0.5, 0.6) is 0 Å². The molecule has 0 saturated carbocycles. The van der Waals surface area contributed by atoms with E-state index in [4.69, 9.17) is 0 Å². The molecule has 0 aromatic carbocycles. The molecule has 1 aromatic rings. The molecule has 88 valence electrons. The second-order valence-corrected chi connectivity index (χ2v) is 6.15. The van der Waals surface area contributed by atoms with Crippen molar-refractivity contribution in [3.05, 3.63) is 22.4 Å². The maximum atomic E-state index is 9.68. The van der Waals surface area contributed by atoms with Gasteiger partial charge in [0.05, 0.1) is 0 Å². The second-order valence-electron chi connectivity index (χ2n) is 5.17. The fourth-order valence-electron chi connectivity index (χ4n) is 3.66. The fourth-order valence-corrected chi connectivity index (χ4v) is 4.57. The summed E-state index contributed by atoms with van der Waals surface area (Å²) in [5, 5.41) is 11.8. The predicted octanol–water partition coefficient (Wildman–Crippen LogP) is 2.31. The maximum absolute atomic E-state index is 9.68. The standard InChI is InChI=1S/C13H19NOS/c1-14-9-4-5-12(14)11(8-15)10(7-9)13-3-2-6-16-13/h2-3,6,9-12,15H,4-5,7-8H2,1H3/t9?,10-,11+,12?/m0/s1. The first-order valence-electron chi connectivity index (χ1n) is 6.17. The van der Waals surface area contributed by atoms with E-state index in [9.17, 15) is 5.11 Å². The van der Waals surface area contributed by atoms with E-state index in [-0.39, 0.29) is 0 Å². The zero-order chi connectivity index (χ0) is 11.1. The summed E-state index contributed by atoms with van der Waals surface area (Å²) >= 11 is 1.85. The summed E-state index contributed by atoms with van der Waals surface area (Å²) in [5.41, 5.74) is 0. The van der Waals surface area contributed by atoms with Crippen LogP contribution < -0.4 is 0 Å². The molecule has 2 unspecified atom stereocenters. The minimum Gasteiger partial charge on any atom is -0.396 e. The molecule has 2 bridgehead atoms. The molecule has 0 aliphatic carbocycles. The molecule has 2 aliphatic rings. The molecule has 3 heterocycles. The highest BCUT2D eigenvalue weighted by atomic mass is 32.1. The van der Waals surface area contributed by atoms with E-state index >= 15 is 0 Å². The highest BCUT2D eigenvalue weighted by Crippen LogP contribution is 2.46. The monoisotopic (exact) mass is 237 g/mol. The molecular formula is C13H19NOS. The van der Waals surface area contributed by atoms with Crippen LogP contribution >= 0.6 is 11.3 Å². The first-order chi connectivity index (χ1) is 7.81. The van der Waals surface area contributed by atoms with Crippen molar-refractivity contribution in [3.63, 3.8) is 0 Å². The SMILES string of the molecule is CN1C2CCC1[C@H](CO)[C@@H](c1cccs1)C2. The van der Waals surface area contributed by atoms with E-state index in [1.54, 1.807) is 0 Å². The van der Waals surface area contributed by atoms with Gasteiger partial charge in [0.15, 0.2) is 0 Å². The van der Waals surface area contributed by atoms with Gasteiger partial charge in [0, 0.05) is 35.4 Å². The predicted molar refractivity (Wildman–Crippen MR) is 66.8 cm³/mol. The Labute approximate surface area is 101 Å². The van der Waals surface area contributed by atoms with Crippen molar-refractivity contribution in [2.24, 2.45) is 5.92 Å². The molecule has 1 aromatic heterocycles. The first-order valence-corrected chi connectivity index (χ1v) is 7.05. The number of rotatable bonds is 2. The Morgan fingerprint density at radius 2 is 2.38 bits per heavy atom. The zero-order valence-electron chi connectivity index (χ0n) is 9.67. The molecule has 16 heavy (non-hydrogen) atoms. The Balaban J connectivity index is 1.90. The van der Waals surface area contributed by atoms with E-state index in [1.807, 2.05) is 11.3 Å². The Morgan fingerprint density at radius 1 is 1.50 bits per heavy atom. The Morgan fingerprint density at radius 3 is 3.06 bits per heavy atom. The largest absolute Gasteiger partial charge is 0.396 e. The third kappa shape index (κ3) is 1.53. The summed E-state index contributed by atoms with van der Waals surface area (Å²) in [4.78, 5) is 3.98. The van der Waals surface area contributed by atoms with Crippen molar-refractivity contribution < 1.29 is 5.11 Å². The van der Waals surface area contributed by atoms with Gasteiger partial charge in [-0.05, 0) is 37.8 Å². The van der Waals surface area contributed by atoms with Crippen LogP contribution in [0.2, 0.25) is 0 Å². The first kappa shape index (κ1) is 10.8. The molecule has 2 nitrogen and oxygen atoms in total. The van der Waals surface area contributed by atoms with Crippen molar-refractivity contribution in [1.29, 1.82) is 0 Å². The normalized spacial score (nSPS) is 39.1. The van der Waals surface area contributed by atoms with E-state index in [0.29, 0.717) is 24.5 Å². The molecule has 0 amide bonds. The lowest BCUT2D eigenvalue weighted by molar-refractivity contribution is 0.0602. The summed E-state index contributed by atoms with van der Waals surface area (Å²) in [6.45, 7) is 0.338. The van der Waals surface area contributed by atoms with Gasteiger partial charge in [0.2, 0.25) is 0 Å². The summed E-state index contributed by atoms with van der Waals surface area (Å²) in [7, 11) is 2.23. The van der Waals surface area contributed by atoms with Gasteiger partial charge in [-0.2, -0.15) is 0 Å². The minimum atomic E-state index is 0.338. The molecule has 2 fully saturated rings. The van der Waals surface area contributed by atoms with Crippen molar-refractivity contribution in [2.45, 2.75) is 37.3 Å². The molecule has 1 N–H and O–H groups in total. The Kier molecular flexibility index (Phi) is 2.78. The third-order valence-electron chi connectivity index (χ3n) is 4.55. The summed E-state index contributed by atoms with van der Waals surface area (Å²) in [5.74, 6) is 1.04. The van der Waals surface area contributed by atoms with Crippen LogP contribution in [0.25, 0.3) is 0 Å². The highest BCUT2D eigenvalue weighted by molar-refractivity contribution is 7.10. The molecule has 2 saturated heterocycles. The van der Waals surface area contributed by atoms with Gasteiger partial charge < -0.3 is 10.0 Å². The van der Waals surface area contributed by atoms with Crippen LogP contribution in [0.1, 0.15) is 30.1 Å². The molecule has 3 rings (SSSR count). The van der Waals surface area contributed by atoms with Gasteiger partial charge in [-0.3, -0.25) is 0 Å². The number of piperidine rings is 1. The number of nitrogens with zero attached hydrogens (tertiary/aromatic N) is 1. The van der Waals surface area contributed by atoms with Crippen molar-refractivity contribution in [2.75, 3.05) is 13.7 Å². The number of thiophene rings is 1. The Hall–Kier alpha value is -0.380. The molecule has 2 aliphatic heterocycles. The molecular weight excluding hydrogens is 218 g/mol. The highest BCUT2D eigenvalue weighted by Gasteiger charge is 2.45. The van der Waals surface area contributed by atoms with Gasteiger partial charge in [-0.15, -0.1) is 11.3 Å². The Bertz CT molecular complexity index is 351. The zero-order valence-corrected chi connectivity index (χ0v) is 10.5. The summed E-state index contributed by atoms with van der Waals surface area (Å²) < 4.78 is 0. The van der Waals surface area contributed by atoms with Crippen LogP contribution in [0.4, 0.5) is 0 Å².